The van der Waals surface area contributed by atoms with Crippen LogP contribution in [-0.4, -0.2) is 0 Å². The van der Waals surface area contributed by atoms with Crippen molar-refractivity contribution < 1.29 is 0 Å². The number of hydrogen-bond acceptors (Lipinski definition) is 1. The molecule has 0 atom stereocenters. The molecular formula is C12H18N. The number of rotatable bonds is 5. The number of para-hydroxylation sites is 1. The zero-order chi connectivity index (χ0) is 9.52. The molecule has 0 heterocycles. The van der Waals surface area contributed by atoms with Crippen molar-refractivity contribution in [3.63, 3.8) is 0 Å². The van der Waals surface area contributed by atoms with Crippen molar-refractivity contribution in [3.05, 3.63) is 36.8 Å². The zero-order valence-electron chi connectivity index (χ0n) is 8.13. The average Bonchev–Trinajstić information content (AvgIpc) is 2.15. The van der Waals surface area contributed by atoms with E-state index in [-0.39, 0.29) is 0 Å². The van der Waals surface area contributed by atoms with Gasteiger partial charge in [0.05, 0.1) is 0 Å². The SMILES string of the molecule is [CH2]CCCCCc1ccccc1N. The monoisotopic (exact) mass is 176 g/mol. The van der Waals surface area contributed by atoms with Crippen molar-refractivity contribution in [2.45, 2.75) is 32.1 Å². The third-order valence-electron chi connectivity index (χ3n) is 2.25. The van der Waals surface area contributed by atoms with Gasteiger partial charge in [-0.2, -0.15) is 0 Å². The van der Waals surface area contributed by atoms with Gasteiger partial charge in [-0.15, -0.1) is 0 Å². The summed E-state index contributed by atoms with van der Waals surface area (Å²) in [6.45, 7) is 3.82. The van der Waals surface area contributed by atoms with E-state index in [2.05, 4.69) is 13.0 Å². The first kappa shape index (κ1) is 10.1. The van der Waals surface area contributed by atoms with Crippen LogP contribution in [0.4, 0.5) is 5.69 Å². The Bertz CT molecular complexity index is 243. The number of aryl methyl sites for hydroxylation is 1. The van der Waals surface area contributed by atoms with E-state index < -0.39 is 0 Å². The number of anilines is 1. The molecule has 1 nitrogen and oxygen atoms in total. The summed E-state index contributed by atoms with van der Waals surface area (Å²) in [5.74, 6) is 0. The number of nitrogens with two attached hydrogens (primary N) is 1. The fraction of sp³-hybridized carbons (Fsp3) is 0.417. The summed E-state index contributed by atoms with van der Waals surface area (Å²) in [6.07, 6.45) is 5.87. The molecule has 0 saturated carbocycles. The van der Waals surface area contributed by atoms with Crippen LogP contribution in [0.1, 0.15) is 31.2 Å². The normalized spacial score (nSPS) is 10.2. The van der Waals surface area contributed by atoms with Crippen LogP contribution in [0.5, 0.6) is 0 Å². The second kappa shape index (κ2) is 5.63. The summed E-state index contributed by atoms with van der Waals surface area (Å²) in [7, 11) is 0. The highest BCUT2D eigenvalue weighted by atomic mass is 14.6. The summed E-state index contributed by atoms with van der Waals surface area (Å²) in [4.78, 5) is 0. The predicted molar refractivity (Wildman–Crippen MR) is 58.4 cm³/mol. The van der Waals surface area contributed by atoms with Crippen LogP contribution in [0, 0.1) is 6.92 Å². The molecule has 0 aliphatic rings. The van der Waals surface area contributed by atoms with E-state index in [0.717, 1.165) is 18.5 Å². The highest BCUT2D eigenvalue weighted by molar-refractivity contribution is 5.46. The molecule has 1 rings (SSSR count). The Kier molecular flexibility index (Phi) is 4.37. The molecular weight excluding hydrogens is 158 g/mol. The summed E-state index contributed by atoms with van der Waals surface area (Å²) in [6, 6.07) is 8.11. The van der Waals surface area contributed by atoms with Crippen molar-refractivity contribution >= 4 is 5.69 Å². The molecule has 1 heteroatoms. The Morgan fingerprint density at radius 1 is 1.08 bits per heavy atom. The van der Waals surface area contributed by atoms with Gasteiger partial charge in [0, 0.05) is 5.69 Å². The lowest BCUT2D eigenvalue weighted by atomic mass is 10.1. The van der Waals surface area contributed by atoms with Crippen molar-refractivity contribution in [2.24, 2.45) is 0 Å². The number of hydrogen-bond donors (Lipinski definition) is 1. The largest absolute Gasteiger partial charge is 0.399 e. The van der Waals surface area contributed by atoms with E-state index in [0.29, 0.717) is 0 Å². The highest BCUT2D eigenvalue weighted by Gasteiger charge is 1.96. The minimum Gasteiger partial charge on any atom is -0.399 e. The maximum absolute atomic E-state index is 5.82. The molecule has 0 amide bonds. The number of benzene rings is 1. The Labute approximate surface area is 81.0 Å². The van der Waals surface area contributed by atoms with Gasteiger partial charge in [0.25, 0.3) is 0 Å². The Hall–Kier alpha value is -0.980. The molecule has 1 radical (unpaired) electrons. The maximum Gasteiger partial charge on any atom is 0.0346 e. The highest BCUT2D eigenvalue weighted by Crippen LogP contribution is 2.14. The van der Waals surface area contributed by atoms with Gasteiger partial charge in [-0.05, 0) is 24.5 Å². The van der Waals surface area contributed by atoms with Gasteiger partial charge in [-0.3, -0.25) is 0 Å². The molecule has 71 valence electrons. The smallest absolute Gasteiger partial charge is 0.0346 e. The number of unbranched alkanes of at least 4 members (excludes halogenated alkanes) is 3. The number of nitrogen functional groups attached to an aromatic ring is 1. The standard InChI is InChI=1S/C12H18N/c1-2-3-4-5-8-11-9-6-7-10-12(11)13/h6-7,9-10H,1-5,8,13H2. The third kappa shape index (κ3) is 3.49. The summed E-state index contributed by atoms with van der Waals surface area (Å²) < 4.78 is 0. The van der Waals surface area contributed by atoms with E-state index in [1.54, 1.807) is 0 Å². The topological polar surface area (TPSA) is 26.0 Å². The first-order chi connectivity index (χ1) is 6.34. The molecule has 1 aromatic rings. The maximum atomic E-state index is 5.82. The first-order valence-electron chi connectivity index (χ1n) is 4.97. The van der Waals surface area contributed by atoms with E-state index in [1.165, 1.54) is 24.8 Å². The zero-order valence-corrected chi connectivity index (χ0v) is 8.13. The molecule has 0 saturated heterocycles. The van der Waals surface area contributed by atoms with Gasteiger partial charge in [0.2, 0.25) is 0 Å². The van der Waals surface area contributed by atoms with Crippen LogP contribution in [-0.2, 0) is 6.42 Å². The molecule has 2 N–H and O–H groups in total. The molecule has 0 fully saturated rings. The van der Waals surface area contributed by atoms with Crippen molar-refractivity contribution in [2.75, 3.05) is 5.73 Å². The van der Waals surface area contributed by atoms with Crippen LogP contribution in [0.2, 0.25) is 0 Å². The molecule has 13 heavy (non-hydrogen) atoms. The lowest BCUT2D eigenvalue weighted by Gasteiger charge is -2.04. The van der Waals surface area contributed by atoms with Gasteiger partial charge in [0.15, 0.2) is 0 Å². The van der Waals surface area contributed by atoms with Crippen molar-refractivity contribution in [3.8, 4) is 0 Å². The molecule has 0 aromatic heterocycles. The van der Waals surface area contributed by atoms with Crippen LogP contribution in [0.15, 0.2) is 24.3 Å². The predicted octanol–water partition coefficient (Wildman–Crippen LogP) is 3.21. The lowest BCUT2D eigenvalue weighted by Crippen LogP contribution is -1.93. The van der Waals surface area contributed by atoms with Gasteiger partial charge >= 0.3 is 0 Å². The van der Waals surface area contributed by atoms with Crippen LogP contribution in [0.3, 0.4) is 0 Å². The molecule has 0 unspecified atom stereocenters. The van der Waals surface area contributed by atoms with E-state index in [9.17, 15) is 0 Å². The Morgan fingerprint density at radius 3 is 2.54 bits per heavy atom. The van der Waals surface area contributed by atoms with Gasteiger partial charge in [0.1, 0.15) is 0 Å². The fourth-order valence-corrected chi connectivity index (χ4v) is 1.43. The second-order valence-electron chi connectivity index (χ2n) is 3.36. The molecule has 1 aromatic carbocycles. The van der Waals surface area contributed by atoms with Crippen LogP contribution < -0.4 is 5.73 Å². The fourth-order valence-electron chi connectivity index (χ4n) is 1.43. The lowest BCUT2D eigenvalue weighted by molar-refractivity contribution is 0.686. The van der Waals surface area contributed by atoms with Gasteiger partial charge in [-0.1, -0.05) is 44.4 Å². The van der Waals surface area contributed by atoms with E-state index in [4.69, 9.17) is 5.73 Å². The van der Waals surface area contributed by atoms with E-state index >= 15 is 0 Å². The quantitative estimate of drug-likeness (QED) is 0.541. The summed E-state index contributed by atoms with van der Waals surface area (Å²) >= 11 is 0. The minimum atomic E-state index is 0.928. The molecule has 0 spiro atoms. The molecule has 0 bridgehead atoms. The third-order valence-corrected chi connectivity index (χ3v) is 2.25. The van der Waals surface area contributed by atoms with Gasteiger partial charge in [-0.25, -0.2) is 0 Å². The minimum absolute atomic E-state index is 0.928. The Balaban J connectivity index is 2.32. The second-order valence-corrected chi connectivity index (χ2v) is 3.36. The van der Waals surface area contributed by atoms with E-state index in [1.807, 2.05) is 18.2 Å². The van der Waals surface area contributed by atoms with Crippen molar-refractivity contribution in [1.82, 2.24) is 0 Å². The summed E-state index contributed by atoms with van der Waals surface area (Å²) in [5, 5.41) is 0. The Morgan fingerprint density at radius 2 is 1.85 bits per heavy atom. The van der Waals surface area contributed by atoms with Crippen LogP contribution >= 0.6 is 0 Å². The average molecular weight is 176 g/mol. The summed E-state index contributed by atoms with van der Waals surface area (Å²) in [5.41, 5.74) is 8.03. The molecule has 0 aliphatic carbocycles. The van der Waals surface area contributed by atoms with Crippen molar-refractivity contribution in [1.29, 1.82) is 0 Å². The first-order valence-corrected chi connectivity index (χ1v) is 4.97. The molecule has 0 aliphatic heterocycles. The van der Waals surface area contributed by atoms with Gasteiger partial charge < -0.3 is 5.73 Å². The van der Waals surface area contributed by atoms with Crippen LogP contribution in [0.25, 0.3) is 0 Å².